The number of halogens is 1. The molecule has 0 bridgehead atoms. The maximum absolute atomic E-state index is 13.2. The van der Waals surface area contributed by atoms with Gasteiger partial charge >= 0.3 is 5.97 Å². The molecule has 8 heteroatoms. The molecular formula is C25H27ClN2O5. The minimum atomic E-state index is -0.981. The molecule has 0 radical (unpaired) electrons. The van der Waals surface area contributed by atoms with Crippen molar-refractivity contribution in [3.63, 3.8) is 0 Å². The summed E-state index contributed by atoms with van der Waals surface area (Å²) in [6, 6.07) is 15.9. The Balaban J connectivity index is 1.38. The molecule has 2 aromatic rings. The number of piperidine rings is 1. The Kier molecular flexibility index (Phi) is 7.62. The van der Waals surface area contributed by atoms with Gasteiger partial charge in [-0.3, -0.25) is 14.4 Å². The highest BCUT2D eigenvalue weighted by molar-refractivity contribution is 6.30. The lowest BCUT2D eigenvalue weighted by molar-refractivity contribution is -0.167. The van der Waals surface area contributed by atoms with Gasteiger partial charge in [0, 0.05) is 42.3 Å². The normalized spacial score (nSPS) is 18.0. The van der Waals surface area contributed by atoms with Crippen molar-refractivity contribution in [2.75, 3.05) is 39.4 Å². The predicted octanol–water partition coefficient (Wildman–Crippen LogP) is 3.34. The van der Waals surface area contributed by atoms with Gasteiger partial charge in [0.2, 0.25) is 6.10 Å². The molecule has 33 heavy (non-hydrogen) atoms. The number of morpholine rings is 1. The summed E-state index contributed by atoms with van der Waals surface area (Å²) < 4.78 is 11.1. The minimum absolute atomic E-state index is 0.0804. The zero-order valence-corrected chi connectivity index (χ0v) is 19.1. The summed E-state index contributed by atoms with van der Waals surface area (Å²) in [5.41, 5.74) is 1.22. The molecule has 7 nitrogen and oxygen atoms in total. The van der Waals surface area contributed by atoms with Crippen LogP contribution in [0.2, 0.25) is 5.02 Å². The second kappa shape index (κ2) is 10.8. The fourth-order valence-electron chi connectivity index (χ4n) is 4.14. The minimum Gasteiger partial charge on any atom is -0.447 e. The first-order valence-electron chi connectivity index (χ1n) is 11.2. The van der Waals surface area contributed by atoms with E-state index in [4.69, 9.17) is 21.1 Å². The number of carbonyl (C=O) groups is 3. The number of benzene rings is 2. The van der Waals surface area contributed by atoms with Crippen LogP contribution in [-0.4, -0.2) is 67.0 Å². The van der Waals surface area contributed by atoms with E-state index in [1.54, 1.807) is 46.2 Å². The molecule has 2 amide bonds. The molecule has 0 saturated carbocycles. The predicted molar refractivity (Wildman–Crippen MR) is 123 cm³/mol. The van der Waals surface area contributed by atoms with Gasteiger partial charge in [-0.1, -0.05) is 41.9 Å². The summed E-state index contributed by atoms with van der Waals surface area (Å²) in [7, 11) is 0. The number of amides is 2. The van der Waals surface area contributed by atoms with Crippen LogP contribution in [0.5, 0.6) is 0 Å². The van der Waals surface area contributed by atoms with Crippen LogP contribution in [0, 0.1) is 5.92 Å². The lowest BCUT2D eigenvalue weighted by Gasteiger charge is -2.33. The molecule has 0 N–H and O–H groups in total. The van der Waals surface area contributed by atoms with E-state index < -0.39 is 12.1 Å². The van der Waals surface area contributed by atoms with Crippen molar-refractivity contribution in [1.29, 1.82) is 0 Å². The molecule has 174 valence electrons. The monoisotopic (exact) mass is 470 g/mol. The molecule has 4 rings (SSSR count). The number of hydrogen-bond donors (Lipinski definition) is 0. The van der Waals surface area contributed by atoms with Crippen LogP contribution in [-0.2, 0) is 19.1 Å². The molecule has 0 spiro atoms. The summed E-state index contributed by atoms with van der Waals surface area (Å²) in [6.07, 6.45) is 0.00198. The van der Waals surface area contributed by atoms with Crippen molar-refractivity contribution >= 4 is 29.4 Å². The third-order valence-electron chi connectivity index (χ3n) is 6.09. The van der Waals surface area contributed by atoms with Gasteiger partial charge < -0.3 is 19.3 Å². The van der Waals surface area contributed by atoms with Crippen LogP contribution >= 0.6 is 11.6 Å². The Bertz CT molecular complexity index is 968. The van der Waals surface area contributed by atoms with Gasteiger partial charge in [-0.15, -0.1) is 0 Å². The van der Waals surface area contributed by atoms with Crippen molar-refractivity contribution in [3.8, 4) is 0 Å². The van der Waals surface area contributed by atoms with Crippen LogP contribution < -0.4 is 0 Å². The van der Waals surface area contributed by atoms with E-state index >= 15 is 0 Å². The summed E-state index contributed by atoms with van der Waals surface area (Å²) in [5.74, 6) is -1.07. The Morgan fingerprint density at radius 1 is 0.879 bits per heavy atom. The van der Waals surface area contributed by atoms with E-state index in [9.17, 15) is 14.4 Å². The molecule has 2 saturated heterocycles. The molecule has 0 aromatic heterocycles. The Morgan fingerprint density at radius 3 is 2.15 bits per heavy atom. The summed E-state index contributed by atoms with van der Waals surface area (Å²) in [4.78, 5) is 42.3. The number of esters is 1. The van der Waals surface area contributed by atoms with Crippen LogP contribution in [0.15, 0.2) is 54.6 Å². The number of hydrogen-bond acceptors (Lipinski definition) is 5. The van der Waals surface area contributed by atoms with Gasteiger partial charge in [0.15, 0.2) is 0 Å². The Hall–Kier alpha value is -2.90. The Labute approximate surface area is 198 Å². The number of likely N-dealkylation sites (tertiary alicyclic amines) is 1. The van der Waals surface area contributed by atoms with E-state index in [2.05, 4.69) is 0 Å². The smallest absolute Gasteiger partial charge is 0.310 e. The lowest BCUT2D eigenvalue weighted by atomic mass is 9.96. The van der Waals surface area contributed by atoms with Gasteiger partial charge in [0.05, 0.1) is 19.1 Å². The molecule has 1 atom stereocenters. The van der Waals surface area contributed by atoms with E-state index in [-0.39, 0.29) is 17.7 Å². The number of rotatable bonds is 5. The highest BCUT2D eigenvalue weighted by atomic mass is 35.5. The maximum Gasteiger partial charge on any atom is 0.310 e. The number of nitrogens with zero attached hydrogens (tertiary/aromatic N) is 2. The second-order valence-corrected chi connectivity index (χ2v) is 8.68. The summed E-state index contributed by atoms with van der Waals surface area (Å²) in [6.45, 7) is 2.81. The molecular weight excluding hydrogens is 444 g/mol. The first-order chi connectivity index (χ1) is 16.0. The van der Waals surface area contributed by atoms with Crippen molar-refractivity contribution in [1.82, 2.24) is 9.80 Å². The molecule has 2 fully saturated rings. The van der Waals surface area contributed by atoms with E-state index in [0.29, 0.717) is 68.4 Å². The van der Waals surface area contributed by atoms with Gasteiger partial charge in [-0.2, -0.15) is 0 Å². The van der Waals surface area contributed by atoms with Gasteiger partial charge in [-0.25, -0.2) is 0 Å². The number of carbonyl (C=O) groups excluding carboxylic acids is 3. The van der Waals surface area contributed by atoms with Crippen LogP contribution in [0.3, 0.4) is 0 Å². The largest absolute Gasteiger partial charge is 0.447 e. The standard InChI is InChI=1S/C25H27ClN2O5/c26-21-8-6-19(7-9-21)23(29)27-12-10-20(11-13-27)25(31)33-22(18-4-2-1-3-5-18)24(30)28-14-16-32-17-15-28/h1-9,20,22H,10-17H2. The Morgan fingerprint density at radius 2 is 1.52 bits per heavy atom. The summed E-state index contributed by atoms with van der Waals surface area (Å²) >= 11 is 5.90. The summed E-state index contributed by atoms with van der Waals surface area (Å²) in [5, 5.41) is 0.576. The van der Waals surface area contributed by atoms with Gasteiger partial charge in [-0.05, 0) is 37.1 Å². The first-order valence-corrected chi connectivity index (χ1v) is 11.6. The fourth-order valence-corrected chi connectivity index (χ4v) is 4.27. The molecule has 2 heterocycles. The average Bonchev–Trinajstić information content (AvgIpc) is 2.88. The van der Waals surface area contributed by atoms with Gasteiger partial charge in [0.1, 0.15) is 0 Å². The topological polar surface area (TPSA) is 76.2 Å². The van der Waals surface area contributed by atoms with Crippen molar-refractivity contribution in [2.45, 2.75) is 18.9 Å². The lowest BCUT2D eigenvalue weighted by Crippen LogP contribution is -2.45. The van der Waals surface area contributed by atoms with Crippen molar-refractivity contribution < 1.29 is 23.9 Å². The molecule has 2 aliphatic heterocycles. The average molecular weight is 471 g/mol. The third kappa shape index (κ3) is 5.72. The maximum atomic E-state index is 13.2. The molecule has 0 aliphatic carbocycles. The van der Waals surface area contributed by atoms with Crippen molar-refractivity contribution in [2.24, 2.45) is 5.92 Å². The third-order valence-corrected chi connectivity index (χ3v) is 6.34. The van der Waals surface area contributed by atoms with Crippen LogP contribution in [0.25, 0.3) is 0 Å². The van der Waals surface area contributed by atoms with Crippen LogP contribution in [0.1, 0.15) is 34.9 Å². The SMILES string of the molecule is O=C(OC(C(=O)N1CCOCC1)c1ccccc1)C1CCN(C(=O)c2ccc(Cl)cc2)CC1. The first kappa shape index (κ1) is 23.3. The molecule has 2 aliphatic rings. The quantitative estimate of drug-likeness (QED) is 0.626. The van der Waals surface area contributed by atoms with E-state index in [1.807, 2.05) is 18.2 Å². The number of ether oxygens (including phenoxy) is 2. The zero-order chi connectivity index (χ0) is 23.2. The molecule has 1 unspecified atom stereocenters. The van der Waals surface area contributed by atoms with E-state index in [0.717, 1.165) is 0 Å². The second-order valence-electron chi connectivity index (χ2n) is 8.24. The van der Waals surface area contributed by atoms with Crippen LogP contribution in [0.4, 0.5) is 0 Å². The van der Waals surface area contributed by atoms with Crippen molar-refractivity contribution in [3.05, 3.63) is 70.7 Å². The highest BCUT2D eigenvalue weighted by Crippen LogP contribution is 2.26. The highest BCUT2D eigenvalue weighted by Gasteiger charge is 2.34. The fraction of sp³-hybridized carbons (Fsp3) is 0.400. The van der Waals surface area contributed by atoms with Gasteiger partial charge in [0.25, 0.3) is 11.8 Å². The van der Waals surface area contributed by atoms with E-state index in [1.165, 1.54) is 0 Å². The zero-order valence-electron chi connectivity index (χ0n) is 18.3. The molecule has 2 aromatic carbocycles.